The smallest absolute Gasteiger partial charge is 0.280 e. The van der Waals surface area contributed by atoms with Crippen LogP contribution in [0.15, 0.2) is 28.7 Å². The Morgan fingerprint density at radius 2 is 2.04 bits per heavy atom. The Balaban J connectivity index is 1.98. The molecule has 8 heteroatoms. The number of aryl methyl sites for hydroxylation is 2. The summed E-state index contributed by atoms with van der Waals surface area (Å²) in [4.78, 5) is 21.6. The lowest BCUT2D eigenvalue weighted by Crippen LogP contribution is -2.37. The van der Waals surface area contributed by atoms with Crippen LogP contribution in [0.4, 0.5) is 5.13 Å². The highest BCUT2D eigenvalue weighted by atomic mass is 79.9. The first kappa shape index (κ1) is 19.0. The molecule has 1 amide bonds. The molecule has 0 radical (unpaired) electrons. The maximum atomic E-state index is 13.2. The minimum Gasteiger partial charge on any atom is -0.308 e. The van der Waals surface area contributed by atoms with Crippen LogP contribution in [0.3, 0.4) is 0 Å². The van der Waals surface area contributed by atoms with Gasteiger partial charge in [0.05, 0.1) is 10.2 Å². The Bertz CT molecular complexity index is 933. The second-order valence-corrected chi connectivity index (χ2v) is 8.28. The van der Waals surface area contributed by atoms with Gasteiger partial charge in [0, 0.05) is 29.8 Å². The predicted molar refractivity (Wildman–Crippen MR) is 110 cm³/mol. The van der Waals surface area contributed by atoms with E-state index >= 15 is 0 Å². The first-order chi connectivity index (χ1) is 12.4. The summed E-state index contributed by atoms with van der Waals surface area (Å²) in [5.74, 6) is -0.111. The van der Waals surface area contributed by atoms with E-state index in [-0.39, 0.29) is 5.91 Å². The molecule has 0 saturated carbocycles. The molecule has 2 aromatic heterocycles. The van der Waals surface area contributed by atoms with Crippen LogP contribution < -0.4 is 4.90 Å². The Kier molecular flexibility index (Phi) is 5.74. The van der Waals surface area contributed by atoms with E-state index in [0.717, 1.165) is 33.5 Å². The number of carbonyl (C=O) groups excluding carboxylic acids is 1. The van der Waals surface area contributed by atoms with Gasteiger partial charge in [-0.05, 0) is 52.2 Å². The third kappa shape index (κ3) is 3.97. The van der Waals surface area contributed by atoms with Gasteiger partial charge < -0.3 is 4.90 Å². The number of amides is 1. The maximum Gasteiger partial charge on any atom is 0.280 e. The molecule has 0 N–H and O–H groups in total. The van der Waals surface area contributed by atoms with Crippen LogP contribution in [0.5, 0.6) is 0 Å². The van der Waals surface area contributed by atoms with Crippen LogP contribution in [0.1, 0.15) is 23.1 Å². The van der Waals surface area contributed by atoms with Gasteiger partial charge in [-0.1, -0.05) is 27.3 Å². The Hall–Kier alpha value is -1.77. The van der Waals surface area contributed by atoms with Crippen molar-refractivity contribution in [2.24, 2.45) is 0 Å². The molecule has 0 saturated heterocycles. The molecule has 0 aliphatic carbocycles. The van der Waals surface area contributed by atoms with E-state index in [1.807, 2.05) is 56.9 Å². The van der Waals surface area contributed by atoms with E-state index in [0.29, 0.717) is 17.4 Å². The third-order valence-corrected chi connectivity index (χ3v) is 5.62. The first-order valence-electron chi connectivity index (χ1n) is 8.46. The quantitative estimate of drug-likeness (QED) is 0.590. The summed E-state index contributed by atoms with van der Waals surface area (Å²) < 4.78 is 3.89. The fourth-order valence-electron chi connectivity index (χ4n) is 2.66. The van der Waals surface area contributed by atoms with E-state index in [9.17, 15) is 4.79 Å². The molecule has 0 atom stereocenters. The summed E-state index contributed by atoms with van der Waals surface area (Å²) in [6.45, 7) is 6.03. The Morgan fingerprint density at radius 1 is 1.27 bits per heavy atom. The number of rotatable bonds is 6. The van der Waals surface area contributed by atoms with E-state index in [1.165, 1.54) is 11.3 Å². The van der Waals surface area contributed by atoms with E-state index in [1.54, 1.807) is 4.90 Å². The molecular formula is C18H22BrN5OS. The lowest BCUT2D eigenvalue weighted by molar-refractivity contribution is 0.0979. The lowest BCUT2D eigenvalue weighted by atomic mass is 10.3. The molecule has 6 nitrogen and oxygen atoms in total. The number of thiazole rings is 1. The van der Waals surface area contributed by atoms with E-state index in [4.69, 9.17) is 0 Å². The number of nitrogens with zero attached hydrogens (tertiary/aromatic N) is 5. The number of anilines is 1. The molecule has 0 spiro atoms. The van der Waals surface area contributed by atoms with Gasteiger partial charge in [-0.25, -0.2) is 4.98 Å². The molecule has 138 valence electrons. The highest BCUT2D eigenvalue weighted by Crippen LogP contribution is 2.31. The predicted octanol–water partition coefficient (Wildman–Crippen LogP) is 3.79. The lowest BCUT2D eigenvalue weighted by Gasteiger charge is -2.21. The standard InChI is InChI=1S/C18H22BrN5OS/c1-5-24-12(2)10-15(21-24)17(25)23(9-8-22(3)4)18-20-14-7-6-13(19)11-16(14)26-18/h6-7,10-11H,5,8-9H2,1-4H3. The minimum absolute atomic E-state index is 0.111. The van der Waals surface area contributed by atoms with Gasteiger partial charge in [-0.15, -0.1) is 0 Å². The fourth-order valence-corrected chi connectivity index (χ4v) is 4.20. The van der Waals surface area contributed by atoms with Crippen molar-refractivity contribution in [2.75, 3.05) is 32.1 Å². The van der Waals surface area contributed by atoms with Crippen molar-refractivity contribution in [2.45, 2.75) is 20.4 Å². The van der Waals surface area contributed by atoms with Crippen LogP contribution in [0.2, 0.25) is 0 Å². The fraction of sp³-hybridized carbons (Fsp3) is 0.389. The van der Waals surface area contributed by atoms with Gasteiger partial charge >= 0.3 is 0 Å². The zero-order valence-electron chi connectivity index (χ0n) is 15.4. The SMILES string of the molecule is CCn1nc(C(=O)N(CCN(C)C)c2nc3ccc(Br)cc3s2)cc1C. The summed E-state index contributed by atoms with van der Waals surface area (Å²) in [6, 6.07) is 7.80. The highest BCUT2D eigenvalue weighted by molar-refractivity contribution is 9.10. The summed E-state index contributed by atoms with van der Waals surface area (Å²) in [5.41, 5.74) is 2.34. The van der Waals surface area contributed by atoms with Gasteiger partial charge in [-0.2, -0.15) is 5.10 Å². The largest absolute Gasteiger partial charge is 0.308 e. The molecule has 0 fully saturated rings. The topological polar surface area (TPSA) is 54.3 Å². The monoisotopic (exact) mass is 435 g/mol. The van der Waals surface area contributed by atoms with Crippen molar-refractivity contribution in [3.8, 4) is 0 Å². The van der Waals surface area contributed by atoms with Crippen LogP contribution in [-0.2, 0) is 6.54 Å². The number of hydrogen-bond donors (Lipinski definition) is 0. The molecule has 3 rings (SSSR count). The Morgan fingerprint density at radius 3 is 2.69 bits per heavy atom. The molecule has 2 heterocycles. The number of aromatic nitrogens is 3. The van der Waals surface area contributed by atoms with Crippen LogP contribution in [0.25, 0.3) is 10.2 Å². The van der Waals surface area contributed by atoms with Crippen molar-refractivity contribution in [1.29, 1.82) is 0 Å². The molecular weight excluding hydrogens is 414 g/mol. The summed E-state index contributed by atoms with van der Waals surface area (Å²) in [7, 11) is 3.99. The molecule has 0 unspecified atom stereocenters. The number of halogens is 1. The van der Waals surface area contributed by atoms with Gasteiger partial charge in [0.2, 0.25) is 0 Å². The van der Waals surface area contributed by atoms with Crippen molar-refractivity contribution < 1.29 is 4.79 Å². The molecule has 3 aromatic rings. The minimum atomic E-state index is -0.111. The second-order valence-electron chi connectivity index (χ2n) is 6.36. The van der Waals surface area contributed by atoms with Crippen molar-refractivity contribution >= 4 is 48.5 Å². The number of likely N-dealkylation sites (N-methyl/N-ethyl adjacent to an activating group) is 1. The van der Waals surface area contributed by atoms with Gasteiger partial charge in [-0.3, -0.25) is 14.4 Å². The van der Waals surface area contributed by atoms with Crippen molar-refractivity contribution in [1.82, 2.24) is 19.7 Å². The summed E-state index contributed by atoms with van der Waals surface area (Å²) in [6.07, 6.45) is 0. The second kappa shape index (κ2) is 7.85. The average Bonchev–Trinajstić information content (AvgIpc) is 3.17. The van der Waals surface area contributed by atoms with Gasteiger partial charge in [0.1, 0.15) is 0 Å². The number of fused-ring (bicyclic) bond motifs is 1. The normalized spacial score (nSPS) is 11.5. The van der Waals surface area contributed by atoms with Crippen LogP contribution >= 0.6 is 27.3 Å². The van der Waals surface area contributed by atoms with Crippen LogP contribution in [0, 0.1) is 6.92 Å². The van der Waals surface area contributed by atoms with E-state index < -0.39 is 0 Å². The molecule has 26 heavy (non-hydrogen) atoms. The zero-order valence-corrected chi connectivity index (χ0v) is 17.8. The molecule has 0 aliphatic heterocycles. The zero-order chi connectivity index (χ0) is 18.8. The van der Waals surface area contributed by atoms with Crippen LogP contribution in [-0.4, -0.2) is 52.8 Å². The number of benzene rings is 1. The van der Waals surface area contributed by atoms with Gasteiger partial charge in [0.25, 0.3) is 5.91 Å². The Labute approximate surface area is 165 Å². The van der Waals surface area contributed by atoms with Crippen molar-refractivity contribution in [3.05, 3.63) is 40.1 Å². The summed E-state index contributed by atoms with van der Waals surface area (Å²) >= 11 is 5.01. The van der Waals surface area contributed by atoms with Gasteiger partial charge in [0.15, 0.2) is 10.8 Å². The summed E-state index contributed by atoms with van der Waals surface area (Å²) in [5, 5.41) is 5.15. The first-order valence-corrected chi connectivity index (χ1v) is 10.1. The number of carbonyl (C=O) groups is 1. The number of hydrogen-bond acceptors (Lipinski definition) is 5. The average molecular weight is 436 g/mol. The molecule has 0 aliphatic rings. The van der Waals surface area contributed by atoms with Crippen molar-refractivity contribution in [3.63, 3.8) is 0 Å². The van der Waals surface area contributed by atoms with E-state index in [2.05, 4.69) is 30.9 Å². The highest BCUT2D eigenvalue weighted by Gasteiger charge is 2.24. The molecule has 0 bridgehead atoms. The molecule has 1 aromatic carbocycles. The third-order valence-electron chi connectivity index (χ3n) is 4.09. The maximum absolute atomic E-state index is 13.2.